The molecular formula is C20H15ClF3N9OS. The monoisotopic (exact) mass is 521 g/mol. The summed E-state index contributed by atoms with van der Waals surface area (Å²) in [4.78, 5) is 21.1. The van der Waals surface area contributed by atoms with E-state index in [0.29, 0.717) is 10.2 Å². The van der Waals surface area contributed by atoms with Gasteiger partial charge in [0.2, 0.25) is 0 Å². The summed E-state index contributed by atoms with van der Waals surface area (Å²) in [6.07, 6.45) is -1.63. The van der Waals surface area contributed by atoms with Crippen LogP contribution in [0.2, 0.25) is 5.02 Å². The van der Waals surface area contributed by atoms with E-state index in [1.807, 2.05) is 0 Å². The molecule has 4 aromatic rings. The van der Waals surface area contributed by atoms with Crippen molar-refractivity contribution in [3.63, 3.8) is 0 Å². The summed E-state index contributed by atoms with van der Waals surface area (Å²) in [5, 5.41) is 17.2. The number of halogens is 4. The zero-order chi connectivity index (χ0) is 25.3. The van der Waals surface area contributed by atoms with Gasteiger partial charge in [-0.1, -0.05) is 35.1 Å². The summed E-state index contributed by atoms with van der Waals surface area (Å²) < 4.78 is 44.0. The second kappa shape index (κ2) is 9.31. The van der Waals surface area contributed by atoms with Gasteiger partial charge in [0.15, 0.2) is 10.9 Å². The summed E-state index contributed by atoms with van der Waals surface area (Å²) in [6, 6.07) is 5.93. The first-order valence-corrected chi connectivity index (χ1v) is 10.8. The van der Waals surface area contributed by atoms with Crippen molar-refractivity contribution in [2.45, 2.75) is 6.18 Å². The minimum absolute atomic E-state index is 0.0427. The first kappa shape index (κ1) is 24.1. The van der Waals surface area contributed by atoms with Gasteiger partial charge < -0.3 is 16.5 Å². The molecule has 0 fully saturated rings. The number of carbonyl (C=O) groups excluding carboxylic acids is 1. The third-order valence-corrected chi connectivity index (χ3v) is 5.87. The van der Waals surface area contributed by atoms with Gasteiger partial charge in [0, 0.05) is 18.8 Å². The second-order valence-electron chi connectivity index (χ2n) is 6.96. The Labute approximate surface area is 204 Å². The minimum atomic E-state index is -4.90. The van der Waals surface area contributed by atoms with Crippen LogP contribution >= 0.6 is 22.9 Å². The van der Waals surface area contributed by atoms with Crippen LogP contribution in [0.15, 0.2) is 35.6 Å². The van der Waals surface area contributed by atoms with E-state index in [1.165, 1.54) is 25.4 Å². The highest BCUT2D eigenvalue weighted by Crippen LogP contribution is 2.42. The van der Waals surface area contributed by atoms with E-state index in [9.17, 15) is 18.0 Å². The molecule has 35 heavy (non-hydrogen) atoms. The van der Waals surface area contributed by atoms with Crippen molar-refractivity contribution in [3.8, 4) is 11.3 Å². The van der Waals surface area contributed by atoms with Gasteiger partial charge in [-0.05, 0) is 12.1 Å². The first-order valence-electron chi connectivity index (χ1n) is 9.64. The maximum Gasteiger partial charge on any atom is 0.420 e. The molecule has 0 aliphatic rings. The van der Waals surface area contributed by atoms with Crippen LogP contribution in [0.1, 0.15) is 16.1 Å². The molecule has 4 rings (SSSR count). The molecule has 0 aliphatic carbocycles. The largest absolute Gasteiger partial charge is 0.420 e. The third kappa shape index (κ3) is 4.79. The molecule has 10 nitrogen and oxygen atoms in total. The number of aromatic nitrogens is 4. The van der Waals surface area contributed by atoms with E-state index in [4.69, 9.17) is 22.7 Å². The van der Waals surface area contributed by atoms with Gasteiger partial charge >= 0.3 is 6.18 Å². The number of amides is 1. The molecule has 3 heterocycles. The first-order chi connectivity index (χ1) is 16.6. The number of pyridine rings is 1. The third-order valence-electron chi connectivity index (χ3n) is 4.65. The fraction of sp³-hybridized carbons (Fsp3) is 0.100. The number of hydrogen-bond acceptors (Lipinski definition) is 9. The number of nitrogens with zero attached hydrogens (tertiary/aromatic N) is 5. The number of fused-ring (bicyclic) bond motifs is 1. The highest BCUT2D eigenvalue weighted by atomic mass is 35.5. The number of alkyl halides is 3. The fourth-order valence-corrected chi connectivity index (χ4v) is 4.36. The van der Waals surface area contributed by atoms with E-state index in [2.05, 4.69) is 30.9 Å². The van der Waals surface area contributed by atoms with Crippen LogP contribution in [-0.4, -0.2) is 38.1 Å². The summed E-state index contributed by atoms with van der Waals surface area (Å²) in [6.45, 7) is 0. The Bertz CT molecular complexity index is 1480. The highest BCUT2D eigenvalue weighted by Gasteiger charge is 2.42. The molecular weight excluding hydrogens is 507 g/mol. The zero-order valence-electron chi connectivity index (χ0n) is 17.7. The lowest BCUT2D eigenvalue weighted by Gasteiger charge is -2.12. The van der Waals surface area contributed by atoms with Gasteiger partial charge in [0.1, 0.15) is 17.0 Å². The Kier molecular flexibility index (Phi) is 6.41. The zero-order valence-corrected chi connectivity index (χ0v) is 19.3. The van der Waals surface area contributed by atoms with Gasteiger partial charge in [-0.15, -0.1) is 0 Å². The highest BCUT2D eigenvalue weighted by molar-refractivity contribution is 7.22. The summed E-state index contributed by atoms with van der Waals surface area (Å²) in [5.74, 6) is -0.937. The number of benzene rings is 1. The molecule has 0 atom stereocenters. The second-order valence-corrected chi connectivity index (χ2v) is 8.40. The SMILES string of the molecule is Cn1nc(-c2cccc3nc(N)sc23)c(C(F)(F)F)c1C(=O)Nc1cnc(N/N=C\C=N)c(Cl)c1. The van der Waals surface area contributed by atoms with Gasteiger partial charge in [0.05, 0.1) is 33.3 Å². The molecule has 0 saturated carbocycles. The molecule has 1 amide bonds. The average molecular weight is 522 g/mol. The smallest absolute Gasteiger partial charge is 0.375 e. The summed E-state index contributed by atoms with van der Waals surface area (Å²) >= 11 is 7.12. The summed E-state index contributed by atoms with van der Waals surface area (Å²) in [7, 11) is 1.24. The normalized spacial score (nSPS) is 11.8. The fourth-order valence-electron chi connectivity index (χ4n) is 3.31. The van der Waals surface area contributed by atoms with E-state index < -0.39 is 29.0 Å². The quantitative estimate of drug-likeness (QED) is 0.214. The van der Waals surface area contributed by atoms with Gasteiger partial charge in [-0.2, -0.15) is 23.4 Å². The topological polar surface area (TPSA) is 147 Å². The average Bonchev–Trinajstić information content (AvgIpc) is 3.34. The maximum atomic E-state index is 14.2. The number of nitrogen functional groups attached to an aromatic ring is 1. The van der Waals surface area contributed by atoms with Gasteiger partial charge in [-0.25, -0.2) is 9.97 Å². The van der Waals surface area contributed by atoms with E-state index in [0.717, 1.165) is 28.4 Å². The molecule has 15 heteroatoms. The predicted molar refractivity (Wildman–Crippen MR) is 129 cm³/mol. The van der Waals surface area contributed by atoms with Gasteiger partial charge in [0.25, 0.3) is 5.91 Å². The number of carbonyl (C=O) groups is 1. The molecule has 180 valence electrons. The molecule has 1 aromatic carbocycles. The standard InChI is InChI=1S/C20H15ClF3N9OS/c1-33-15(18(34)29-9-7-11(21)17(27-8-9)31-28-6-5-25)13(20(22,23)24)14(32-33)10-3-2-4-12-16(10)35-19(26)30-12/h2-8,25H,1H3,(H2,26,30)(H,27,31)(H,29,34)/b25-5?,28-6-. The number of thiazole rings is 1. The lowest BCUT2D eigenvalue weighted by Crippen LogP contribution is -2.21. The summed E-state index contributed by atoms with van der Waals surface area (Å²) in [5.41, 5.74) is 6.55. The van der Waals surface area contributed by atoms with Crippen LogP contribution in [0.5, 0.6) is 0 Å². The Morgan fingerprint density at radius 3 is 2.83 bits per heavy atom. The predicted octanol–water partition coefficient (Wildman–Crippen LogP) is 4.65. The van der Waals surface area contributed by atoms with Crippen molar-refractivity contribution in [3.05, 3.63) is 46.7 Å². The molecule has 0 saturated heterocycles. The lowest BCUT2D eigenvalue weighted by atomic mass is 10.0. The van der Waals surface area contributed by atoms with Crippen LogP contribution in [0.25, 0.3) is 21.5 Å². The van der Waals surface area contributed by atoms with Crippen molar-refractivity contribution >= 4 is 68.1 Å². The number of anilines is 3. The van der Waals surface area contributed by atoms with Crippen LogP contribution < -0.4 is 16.5 Å². The molecule has 3 aromatic heterocycles. The van der Waals surface area contributed by atoms with Crippen LogP contribution in [0, 0.1) is 5.41 Å². The van der Waals surface area contributed by atoms with Crippen molar-refractivity contribution < 1.29 is 18.0 Å². The van der Waals surface area contributed by atoms with E-state index in [1.54, 1.807) is 12.1 Å². The van der Waals surface area contributed by atoms with Crippen molar-refractivity contribution in [1.29, 1.82) is 5.41 Å². The maximum absolute atomic E-state index is 14.2. The van der Waals surface area contributed by atoms with E-state index >= 15 is 0 Å². The Balaban J connectivity index is 1.74. The molecule has 0 bridgehead atoms. The van der Waals surface area contributed by atoms with Crippen molar-refractivity contribution in [2.75, 3.05) is 16.5 Å². The number of aryl methyl sites for hydroxylation is 1. The Morgan fingerprint density at radius 1 is 1.37 bits per heavy atom. The minimum Gasteiger partial charge on any atom is -0.375 e. The Hall–Kier alpha value is -4.04. The number of hydrogen-bond donors (Lipinski definition) is 4. The molecule has 0 radical (unpaired) electrons. The number of rotatable bonds is 6. The van der Waals surface area contributed by atoms with E-state index in [-0.39, 0.29) is 27.2 Å². The molecule has 0 aliphatic heterocycles. The lowest BCUT2D eigenvalue weighted by molar-refractivity contribution is -0.137. The van der Waals surface area contributed by atoms with Crippen LogP contribution in [-0.2, 0) is 13.2 Å². The molecule has 5 N–H and O–H groups in total. The Morgan fingerprint density at radius 2 is 2.14 bits per heavy atom. The molecule has 0 spiro atoms. The van der Waals surface area contributed by atoms with Crippen LogP contribution in [0.4, 0.5) is 29.8 Å². The number of nitrogens with two attached hydrogens (primary N) is 1. The number of nitrogens with one attached hydrogen (secondary N) is 3. The van der Waals surface area contributed by atoms with Gasteiger partial charge in [-0.3, -0.25) is 14.9 Å². The van der Waals surface area contributed by atoms with Crippen molar-refractivity contribution in [2.24, 2.45) is 12.1 Å². The van der Waals surface area contributed by atoms with Crippen LogP contribution in [0.3, 0.4) is 0 Å². The number of hydrazone groups is 1. The van der Waals surface area contributed by atoms with Crippen molar-refractivity contribution in [1.82, 2.24) is 19.7 Å². The molecule has 0 unspecified atom stereocenters.